The molecule has 156 valence electrons. The first-order valence-corrected chi connectivity index (χ1v) is 13.5. The quantitative estimate of drug-likeness (QED) is 0.354. The van der Waals surface area contributed by atoms with Crippen LogP contribution in [0.15, 0.2) is 46.2 Å². The highest BCUT2D eigenvalue weighted by Gasteiger charge is 2.56. The molecule has 0 radical (unpaired) electrons. The smallest absolute Gasteiger partial charge is 0.250 e. The monoisotopic (exact) mass is 574 g/mol. The van der Waals surface area contributed by atoms with Crippen molar-refractivity contribution in [2.45, 2.75) is 16.0 Å². The Labute approximate surface area is 202 Å². The lowest BCUT2D eigenvalue weighted by molar-refractivity contribution is 0.594. The lowest BCUT2D eigenvalue weighted by Gasteiger charge is -2.09. The number of rotatable bonds is 2. The third-order valence-electron chi connectivity index (χ3n) is 3.71. The summed E-state index contributed by atoms with van der Waals surface area (Å²) in [4.78, 5) is -0.120. The second-order valence-electron chi connectivity index (χ2n) is 5.56. The van der Waals surface area contributed by atoms with Crippen molar-refractivity contribution in [2.75, 3.05) is 9.44 Å². The van der Waals surface area contributed by atoms with Crippen LogP contribution in [0.3, 0.4) is 0 Å². The van der Waals surface area contributed by atoms with Crippen LogP contribution < -0.4 is 17.8 Å². The van der Waals surface area contributed by atoms with E-state index in [2.05, 4.69) is 9.44 Å². The Morgan fingerprint density at radius 3 is 1.45 bits per heavy atom. The maximum Gasteiger partial charge on any atom is 0.421 e. The van der Waals surface area contributed by atoms with Crippen LogP contribution in [0, 0.1) is 0 Å². The van der Waals surface area contributed by atoms with Crippen molar-refractivity contribution in [2.24, 2.45) is 0 Å². The van der Waals surface area contributed by atoms with E-state index in [4.69, 9.17) is 78.0 Å². The van der Waals surface area contributed by atoms with Crippen molar-refractivity contribution in [1.29, 1.82) is 0 Å². The summed E-state index contributed by atoms with van der Waals surface area (Å²) in [6.07, 6.45) is 0. The minimum Gasteiger partial charge on any atom is -0.250 e. The zero-order valence-corrected chi connectivity index (χ0v) is 20.6. The summed E-state index contributed by atoms with van der Waals surface area (Å²) >= 11 is 32.6. The first kappa shape index (κ1) is 22.2. The van der Waals surface area contributed by atoms with Gasteiger partial charge < -0.3 is 0 Å². The standard InChI is InChI=1S/C14H8Cl6N2O4S3/c15-13(16,17)27-21-11-7(25-27)3-1-5-9(11)29(23,24)10-6-2-4-8-12(10)22-28(26-8)14(18,19)20/h1-6,21-22H/q+2. The Hall–Kier alpha value is 0.0300. The molecule has 0 bridgehead atoms. The van der Waals surface area contributed by atoms with Gasteiger partial charge in [0.15, 0.2) is 11.4 Å². The molecule has 2 aliphatic rings. The molecule has 2 atom stereocenters. The molecule has 0 amide bonds. The highest BCUT2D eigenvalue weighted by Crippen LogP contribution is 2.50. The Morgan fingerprint density at radius 2 is 1.10 bits per heavy atom. The number of sulfone groups is 1. The normalized spacial score (nSPS) is 20.8. The predicted molar refractivity (Wildman–Crippen MR) is 122 cm³/mol. The van der Waals surface area contributed by atoms with Gasteiger partial charge in [0, 0.05) is 0 Å². The van der Waals surface area contributed by atoms with Crippen LogP contribution in [0.5, 0.6) is 11.5 Å². The Balaban J connectivity index is 1.78. The summed E-state index contributed by atoms with van der Waals surface area (Å²) in [5, 5.41) is 0. The molecule has 0 fully saturated rings. The van der Waals surface area contributed by atoms with Gasteiger partial charge in [0.05, 0.1) is 0 Å². The topological polar surface area (TPSA) is 76.7 Å². The molecular weight excluding hydrogens is 569 g/mol. The molecule has 2 N–H and O–H groups in total. The van der Waals surface area contributed by atoms with E-state index in [1.54, 1.807) is 12.1 Å². The van der Waals surface area contributed by atoms with Crippen LogP contribution in [0.2, 0.25) is 0 Å². The molecule has 2 heterocycles. The molecule has 0 spiro atoms. The van der Waals surface area contributed by atoms with E-state index in [-0.39, 0.29) is 32.7 Å². The molecule has 2 unspecified atom stereocenters. The maximum absolute atomic E-state index is 13.5. The Bertz CT molecular complexity index is 1010. The third-order valence-corrected chi connectivity index (χ3v) is 10.4. The number of alkyl halides is 6. The summed E-state index contributed by atoms with van der Waals surface area (Å²) in [6.45, 7) is 0. The molecule has 15 heteroatoms. The van der Waals surface area contributed by atoms with Crippen LogP contribution in [0.25, 0.3) is 0 Å². The lowest BCUT2D eigenvalue weighted by atomic mass is 10.3. The van der Waals surface area contributed by atoms with Gasteiger partial charge in [-0.25, -0.2) is 8.42 Å². The molecule has 0 aromatic heterocycles. The average molecular weight is 577 g/mol. The van der Waals surface area contributed by atoms with Crippen molar-refractivity contribution in [3.63, 3.8) is 0 Å². The summed E-state index contributed by atoms with van der Waals surface area (Å²) in [5.41, 5.74) is 0.387. The number of anilines is 2. The summed E-state index contributed by atoms with van der Waals surface area (Å²) in [7, 11) is -4.06. The number of hydrogen-bond donors (Lipinski definition) is 2. The second-order valence-corrected chi connectivity index (χ2v) is 16.4. The van der Waals surface area contributed by atoms with E-state index in [0.717, 1.165) is 0 Å². The number of halogens is 6. The molecule has 4 rings (SSSR count). The van der Waals surface area contributed by atoms with Gasteiger partial charge in [0.1, 0.15) is 9.79 Å². The summed E-state index contributed by atoms with van der Waals surface area (Å²) in [5.74, 6) is 0.497. The van der Waals surface area contributed by atoms with Crippen LogP contribution in [0.4, 0.5) is 11.4 Å². The van der Waals surface area contributed by atoms with Crippen LogP contribution in [-0.4, -0.2) is 14.7 Å². The van der Waals surface area contributed by atoms with E-state index in [0.29, 0.717) is 0 Å². The fourth-order valence-corrected chi connectivity index (χ4v) is 7.46. The van der Waals surface area contributed by atoms with Crippen LogP contribution in [-0.2, 0) is 32.6 Å². The molecule has 29 heavy (non-hydrogen) atoms. The number of fused-ring (bicyclic) bond motifs is 2. The van der Waals surface area contributed by atoms with E-state index < -0.39 is 38.8 Å². The second kappa shape index (κ2) is 7.56. The molecule has 2 aromatic rings. The molecule has 0 aliphatic carbocycles. The summed E-state index contributed by atoms with van der Waals surface area (Å²) < 4.78 is 40.2. The van der Waals surface area contributed by atoms with Gasteiger partial charge in [-0.3, -0.25) is 8.37 Å². The lowest BCUT2D eigenvalue weighted by Crippen LogP contribution is -2.28. The maximum atomic E-state index is 13.5. The van der Waals surface area contributed by atoms with E-state index in [1.165, 1.54) is 24.3 Å². The zero-order valence-electron chi connectivity index (χ0n) is 13.6. The Morgan fingerprint density at radius 1 is 0.724 bits per heavy atom. The van der Waals surface area contributed by atoms with Crippen LogP contribution in [0.1, 0.15) is 0 Å². The van der Waals surface area contributed by atoms with Crippen molar-refractivity contribution in [3.8, 4) is 11.5 Å². The zero-order chi connectivity index (χ0) is 21.2. The van der Waals surface area contributed by atoms with Gasteiger partial charge in [0.2, 0.25) is 21.3 Å². The van der Waals surface area contributed by atoms with Crippen LogP contribution >= 0.6 is 69.6 Å². The molecule has 0 saturated carbocycles. The van der Waals surface area contributed by atoms with Gasteiger partial charge in [-0.2, -0.15) is 9.44 Å². The third kappa shape index (κ3) is 4.10. The highest BCUT2D eigenvalue weighted by atomic mass is 35.6. The minimum absolute atomic E-state index is 0.0601. The average Bonchev–Trinajstić information content (AvgIpc) is 3.24. The van der Waals surface area contributed by atoms with Crippen molar-refractivity contribution in [3.05, 3.63) is 36.4 Å². The largest absolute Gasteiger partial charge is 0.421 e. The fraction of sp³-hybridized carbons (Fsp3) is 0.143. The van der Waals surface area contributed by atoms with E-state index >= 15 is 0 Å². The molecule has 6 nitrogen and oxygen atoms in total. The predicted octanol–water partition coefficient (Wildman–Crippen LogP) is 5.68. The Kier molecular flexibility index (Phi) is 5.80. The number of hydrogen-bond acceptors (Lipinski definition) is 6. The fourth-order valence-electron chi connectivity index (χ4n) is 2.55. The minimum atomic E-state index is -4.06. The molecule has 0 saturated heterocycles. The van der Waals surface area contributed by atoms with Gasteiger partial charge >= 0.3 is 29.0 Å². The SMILES string of the molecule is O=S(=O)(c1cccc2c1N[S+](C(Cl)(Cl)Cl)O2)c1cccc2c1N[S+](C(Cl)(Cl)Cl)O2. The van der Waals surface area contributed by atoms with Gasteiger partial charge in [-0.15, -0.1) is 0 Å². The van der Waals surface area contributed by atoms with Crippen molar-refractivity contribution in [1.82, 2.24) is 0 Å². The van der Waals surface area contributed by atoms with Crippen molar-refractivity contribution < 1.29 is 16.8 Å². The molecule has 2 aromatic carbocycles. The molecule has 2 aliphatic heterocycles. The van der Waals surface area contributed by atoms with Gasteiger partial charge in [-0.1, -0.05) is 12.1 Å². The summed E-state index contributed by atoms with van der Waals surface area (Å²) in [6, 6.07) is 9.03. The first-order chi connectivity index (χ1) is 13.4. The number of nitrogens with one attached hydrogen (secondary N) is 2. The first-order valence-electron chi connectivity index (χ1n) is 7.42. The van der Waals surface area contributed by atoms with Crippen molar-refractivity contribution >= 4 is 114 Å². The highest BCUT2D eigenvalue weighted by molar-refractivity contribution is 8.00. The van der Waals surface area contributed by atoms with E-state index in [1.807, 2.05) is 0 Å². The van der Waals surface area contributed by atoms with Gasteiger partial charge in [-0.05, 0) is 93.9 Å². The molecular formula is C14H8Cl6N2O4S3+2. The number of benzene rings is 2. The van der Waals surface area contributed by atoms with Gasteiger partial charge in [0.25, 0.3) is 0 Å². The number of para-hydroxylation sites is 2. The van der Waals surface area contributed by atoms with E-state index in [9.17, 15) is 8.42 Å².